The van der Waals surface area contributed by atoms with Gasteiger partial charge in [0, 0.05) is 5.69 Å². The molecule has 0 saturated carbocycles. The van der Waals surface area contributed by atoms with Gasteiger partial charge in [0.1, 0.15) is 12.0 Å². The lowest BCUT2D eigenvalue weighted by Gasteiger charge is -2.19. The van der Waals surface area contributed by atoms with E-state index >= 15 is 0 Å². The quantitative estimate of drug-likeness (QED) is 0.243. The first-order valence-corrected chi connectivity index (χ1v) is 12.4. The predicted molar refractivity (Wildman–Crippen MR) is 128 cm³/mol. The van der Waals surface area contributed by atoms with E-state index in [2.05, 4.69) is 57.3 Å². The zero-order valence-electron chi connectivity index (χ0n) is 19.0. The summed E-state index contributed by atoms with van der Waals surface area (Å²) in [7, 11) is -3.29. The van der Waals surface area contributed by atoms with E-state index in [9.17, 15) is 4.57 Å². The van der Waals surface area contributed by atoms with Crippen molar-refractivity contribution in [2.75, 3.05) is 24.7 Å². The van der Waals surface area contributed by atoms with Crippen LogP contribution in [0, 0.1) is 0 Å². The third-order valence-electron chi connectivity index (χ3n) is 4.68. The summed E-state index contributed by atoms with van der Waals surface area (Å²) in [5.74, 6) is 1.47. The number of anilines is 1. The molecule has 0 saturated heterocycles. The minimum absolute atomic E-state index is 0.0759. The monoisotopic (exact) mass is 430 g/mol. The van der Waals surface area contributed by atoms with E-state index in [4.69, 9.17) is 14.0 Å². The molecule has 2 rings (SSSR count). The van der Waals surface area contributed by atoms with Crippen molar-refractivity contribution >= 4 is 24.8 Å². The average molecular weight is 431 g/mol. The third-order valence-corrected chi connectivity index (χ3v) is 6.67. The Hall–Kier alpha value is -1.94. The number of benzene rings is 2. The number of nitrogens with one attached hydrogen (secondary N) is 1. The van der Waals surface area contributed by atoms with Gasteiger partial charge in [0.25, 0.3) is 0 Å². The maximum Gasteiger partial charge on any atom is 0.338 e. The van der Waals surface area contributed by atoms with Gasteiger partial charge in [-0.25, -0.2) is 4.99 Å². The van der Waals surface area contributed by atoms with E-state index in [1.807, 2.05) is 38.1 Å². The van der Waals surface area contributed by atoms with Crippen molar-refractivity contribution in [3.05, 3.63) is 59.7 Å². The molecule has 0 spiro atoms. The minimum atomic E-state index is -3.29. The van der Waals surface area contributed by atoms with Crippen molar-refractivity contribution in [3.63, 3.8) is 0 Å². The highest BCUT2D eigenvalue weighted by atomic mass is 31.2. The molecule has 2 aromatic carbocycles. The average Bonchev–Trinajstić information content (AvgIpc) is 2.69. The summed E-state index contributed by atoms with van der Waals surface area (Å²) in [5, 5.41) is 3.32. The Morgan fingerprint density at radius 1 is 0.867 bits per heavy atom. The Kier molecular flexibility index (Phi) is 9.29. The van der Waals surface area contributed by atoms with Crippen molar-refractivity contribution in [1.82, 2.24) is 0 Å². The van der Waals surface area contributed by atoms with E-state index in [1.54, 1.807) is 0 Å². The number of hydrogen-bond donors (Lipinski definition) is 1. The van der Waals surface area contributed by atoms with Crippen LogP contribution in [-0.4, -0.2) is 25.2 Å². The van der Waals surface area contributed by atoms with Crippen LogP contribution in [0.2, 0.25) is 0 Å². The van der Waals surface area contributed by atoms with Crippen LogP contribution in [0.3, 0.4) is 0 Å². The molecule has 0 bridgehead atoms. The molecule has 0 atom stereocenters. The van der Waals surface area contributed by atoms with Crippen molar-refractivity contribution in [1.29, 1.82) is 0 Å². The van der Waals surface area contributed by atoms with Gasteiger partial charge in [-0.15, -0.1) is 0 Å². The largest absolute Gasteiger partial charge is 0.343 e. The minimum Gasteiger partial charge on any atom is -0.343 e. The fraction of sp³-hybridized carbons (Fsp3) is 0.458. The Morgan fingerprint density at radius 3 is 1.77 bits per heavy atom. The molecule has 2 aromatic rings. The molecule has 0 radical (unpaired) electrons. The fourth-order valence-electron chi connectivity index (χ4n) is 3.02. The molecule has 0 fully saturated rings. The van der Waals surface area contributed by atoms with Crippen LogP contribution in [0.25, 0.3) is 0 Å². The first-order valence-electron chi connectivity index (χ1n) is 10.7. The second-order valence-corrected chi connectivity index (χ2v) is 9.87. The van der Waals surface area contributed by atoms with Gasteiger partial charge >= 0.3 is 7.60 Å². The van der Waals surface area contributed by atoms with Crippen LogP contribution in [0.15, 0.2) is 53.5 Å². The molecule has 0 aromatic heterocycles. The number of nitrogens with zero attached hydrogens (tertiary/aromatic N) is 1. The summed E-state index contributed by atoms with van der Waals surface area (Å²) in [6, 6.07) is 16.3. The maximum absolute atomic E-state index is 13.1. The highest BCUT2D eigenvalue weighted by molar-refractivity contribution is 7.55. The van der Waals surface area contributed by atoms with Crippen LogP contribution >= 0.6 is 7.60 Å². The van der Waals surface area contributed by atoms with Gasteiger partial charge in [-0.2, -0.15) is 0 Å². The summed E-state index contributed by atoms with van der Waals surface area (Å²) >= 11 is 0. The summed E-state index contributed by atoms with van der Waals surface area (Å²) in [5.41, 5.74) is 4.19. The smallest absolute Gasteiger partial charge is 0.338 e. The topological polar surface area (TPSA) is 59.9 Å². The zero-order valence-corrected chi connectivity index (χ0v) is 19.9. The van der Waals surface area contributed by atoms with Crippen LogP contribution in [0.4, 0.5) is 11.4 Å². The number of aliphatic imine (C=N–C) groups is 1. The predicted octanol–water partition coefficient (Wildman–Crippen LogP) is 7.34. The van der Waals surface area contributed by atoms with E-state index in [-0.39, 0.29) is 6.16 Å². The van der Waals surface area contributed by atoms with Crippen molar-refractivity contribution < 1.29 is 13.6 Å². The van der Waals surface area contributed by atoms with Crippen molar-refractivity contribution in [3.8, 4) is 0 Å². The van der Waals surface area contributed by atoms with Gasteiger partial charge in [0.2, 0.25) is 0 Å². The lowest BCUT2D eigenvalue weighted by atomic mass is 10.0. The van der Waals surface area contributed by atoms with Crippen LogP contribution in [0.1, 0.15) is 64.5 Å². The first-order chi connectivity index (χ1) is 14.3. The third kappa shape index (κ3) is 7.39. The van der Waals surface area contributed by atoms with Gasteiger partial charge in [0.15, 0.2) is 0 Å². The molecular weight excluding hydrogens is 395 g/mol. The number of hydrogen-bond acceptors (Lipinski definition) is 4. The summed E-state index contributed by atoms with van der Waals surface area (Å²) in [6.45, 7) is 12.9. The Morgan fingerprint density at radius 2 is 1.33 bits per heavy atom. The Labute approximate surface area is 181 Å². The van der Waals surface area contributed by atoms with Gasteiger partial charge in [-0.3, -0.25) is 4.57 Å². The van der Waals surface area contributed by atoms with Crippen molar-refractivity contribution in [2.24, 2.45) is 4.99 Å². The molecule has 0 unspecified atom stereocenters. The normalized spacial score (nSPS) is 12.6. The standard InChI is InChI=1S/C24H35N2O3P/c1-7-28-30(27,29-8-2)17-24(25-22-13-9-20(10-14-22)18(3)4)26-23-15-11-21(12-16-23)19(5)6/h9-16,18-19H,7-8,17H2,1-6H3,(H,25,26). The van der Waals surface area contributed by atoms with Crippen LogP contribution in [-0.2, 0) is 13.6 Å². The van der Waals surface area contributed by atoms with E-state index < -0.39 is 7.60 Å². The molecule has 164 valence electrons. The molecule has 1 N–H and O–H groups in total. The zero-order chi connectivity index (χ0) is 22.1. The Balaban J connectivity index is 2.34. The Bertz CT molecular complexity index is 849. The second-order valence-electron chi connectivity index (χ2n) is 7.81. The molecule has 0 aliphatic carbocycles. The van der Waals surface area contributed by atoms with Gasteiger partial charge in [-0.05, 0) is 61.1 Å². The van der Waals surface area contributed by atoms with Gasteiger partial charge in [-0.1, -0.05) is 52.0 Å². The number of rotatable bonds is 10. The van der Waals surface area contributed by atoms with Crippen LogP contribution < -0.4 is 5.32 Å². The molecule has 0 amide bonds. The molecule has 30 heavy (non-hydrogen) atoms. The molecule has 0 aliphatic heterocycles. The highest BCUT2D eigenvalue weighted by Crippen LogP contribution is 2.48. The van der Waals surface area contributed by atoms with Crippen molar-refractivity contribution in [2.45, 2.75) is 53.4 Å². The fourth-order valence-corrected chi connectivity index (χ4v) is 4.58. The van der Waals surface area contributed by atoms with Gasteiger partial charge in [0.05, 0.1) is 18.9 Å². The SMILES string of the molecule is CCOP(=O)(CC(=Nc1ccc(C(C)C)cc1)Nc1ccc(C(C)C)cc1)OCC. The van der Waals surface area contributed by atoms with E-state index in [0.717, 1.165) is 11.4 Å². The van der Waals surface area contributed by atoms with E-state index in [0.29, 0.717) is 30.9 Å². The molecular formula is C24H35N2O3P. The highest BCUT2D eigenvalue weighted by Gasteiger charge is 2.26. The summed E-state index contributed by atoms with van der Waals surface area (Å²) in [4.78, 5) is 4.73. The summed E-state index contributed by atoms with van der Waals surface area (Å²) < 4.78 is 24.1. The summed E-state index contributed by atoms with van der Waals surface area (Å²) in [6.07, 6.45) is 0.0759. The molecule has 6 heteroatoms. The number of amidine groups is 1. The van der Waals surface area contributed by atoms with Gasteiger partial charge < -0.3 is 14.4 Å². The molecule has 5 nitrogen and oxygen atoms in total. The maximum atomic E-state index is 13.1. The van der Waals surface area contributed by atoms with Crippen LogP contribution in [0.5, 0.6) is 0 Å². The first kappa shape index (κ1) is 24.3. The van der Waals surface area contributed by atoms with E-state index in [1.165, 1.54) is 11.1 Å². The lowest BCUT2D eigenvalue weighted by molar-refractivity contribution is 0.223. The molecule has 0 heterocycles. The lowest BCUT2D eigenvalue weighted by Crippen LogP contribution is -2.19. The molecule has 0 aliphatic rings. The second kappa shape index (κ2) is 11.5.